The Balaban J connectivity index is 1.75. The zero-order valence-corrected chi connectivity index (χ0v) is 14.1. The molecule has 0 radical (unpaired) electrons. The van der Waals surface area contributed by atoms with Crippen molar-refractivity contribution in [1.29, 1.82) is 0 Å². The first-order valence-electron chi connectivity index (χ1n) is 9.08. The number of carbonyl (C=O) groups is 2. The van der Waals surface area contributed by atoms with Gasteiger partial charge in [0.05, 0.1) is 0 Å². The molecular formula is C20H26O3. The molecule has 23 heavy (non-hydrogen) atoms. The second-order valence-corrected chi connectivity index (χ2v) is 8.29. The van der Waals surface area contributed by atoms with Gasteiger partial charge in [0.1, 0.15) is 0 Å². The molecule has 3 heteroatoms. The van der Waals surface area contributed by atoms with Gasteiger partial charge in [0, 0.05) is 12.8 Å². The van der Waals surface area contributed by atoms with Crippen LogP contribution in [0.1, 0.15) is 58.8 Å². The number of ketones is 1. The lowest BCUT2D eigenvalue weighted by Gasteiger charge is -2.56. The zero-order chi connectivity index (χ0) is 16.2. The first-order chi connectivity index (χ1) is 10.9. The van der Waals surface area contributed by atoms with Crippen LogP contribution >= 0.6 is 0 Å². The van der Waals surface area contributed by atoms with E-state index in [-0.39, 0.29) is 11.8 Å². The lowest BCUT2D eigenvalue weighted by molar-refractivity contribution is -0.163. The summed E-state index contributed by atoms with van der Waals surface area (Å²) < 4.78 is 5.94. The van der Waals surface area contributed by atoms with Crippen LogP contribution in [0.3, 0.4) is 0 Å². The molecule has 124 valence electrons. The molecule has 0 aromatic heterocycles. The highest BCUT2D eigenvalue weighted by Gasteiger charge is 2.58. The number of allylic oxidation sites excluding steroid dienone is 2. The fraction of sp³-hybridized carbons (Fsp3) is 0.700. The van der Waals surface area contributed by atoms with Crippen molar-refractivity contribution < 1.29 is 14.3 Å². The molecule has 3 fully saturated rings. The van der Waals surface area contributed by atoms with Crippen molar-refractivity contribution in [2.24, 2.45) is 23.2 Å². The number of fused-ring (bicyclic) bond motifs is 5. The van der Waals surface area contributed by atoms with E-state index in [2.05, 4.69) is 6.92 Å². The van der Waals surface area contributed by atoms with E-state index in [9.17, 15) is 9.59 Å². The highest BCUT2D eigenvalue weighted by Crippen LogP contribution is 2.62. The van der Waals surface area contributed by atoms with Crippen molar-refractivity contribution in [2.45, 2.75) is 64.4 Å². The largest absolute Gasteiger partial charge is 0.450 e. The second-order valence-electron chi connectivity index (χ2n) is 8.29. The van der Waals surface area contributed by atoms with E-state index in [1.165, 1.54) is 32.6 Å². The Hall–Kier alpha value is -1.38. The maximum Gasteiger partial charge on any atom is 0.303 e. The van der Waals surface area contributed by atoms with Crippen LogP contribution in [0.15, 0.2) is 23.8 Å². The fourth-order valence-electron chi connectivity index (χ4n) is 6.23. The van der Waals surface area contributed by atoms with Gasteiger partial charge in [0.25, 0.3) is 0 Å². The van der Waals surface area contributed by atoms with E-state index in [0.717, 1.165) is 30.8 Å². The number of ether oxygens (including phenoxy) is 1. The maximum atomic E-state index is 11.8. The molecule has 0 heterocycles. The van der Waals surface area contributed by atoms with Crippen LogP contribution in [0.4, 0.5) is 0 Å². The molecular weight excluding hydrogens is 288 g/mol. The minimum atomic E-state index is -0.646. The third kappa shape index (κ3) is 2.15. The lowest BCUT2D eigenvalue weighted by atomic mass is 9.51. The van der Waals surface area contributed by atoms with Crippen molar-refractivity contribution in [2.75, 3.05) is 0 Å². The normalized spacial score (nSPS) is 44.9. The molecule has 0 bridgehead atoms. The van der Waals surface area contributed by atoms with Crippen LogP contribution in [-0.2, 0) is 14.3 Å². The van der Waals surface area contributed by atoms with Gasteiger partial charge in [-0.25, -0.2) is 0 Å². The van der Waals surface area contributed by atoms with Crippen LogP contribution in [0.25, 0.3) is 0 Å². The summed E-state index contributed by atoms with van der Waals surface area (Å²) >= 11 is 0. The smallest absolute Gasteiger partial charge is 0.303 e. The van der Waals surface area contributed by atoms with Gasteiger partial charge >= 0.3 is 5.97 Å². The van der Waals surface area contributed by atoms with Crippen molar-refractivity contribution in [3.63, 3.8) is 0 Å². The van der Waals surface area contributed by atoms with E-state index >= 15 is 0 Å². The van der Waals surface area contributed by atoms with Gasteiger partial charge in [-0.1, -0.05) is 13.3 Å². The minimum Gasteiger partial charge on any atom is -0.450 e. The van der Waals surface area contributed by atoms with Gasteiger partial charge < -0.3 is 4.74 Å². The summed E-state index contributed by atoms with van der Waals surface area (Å²) in [6, 6.07) is 0. The highest BCUT2D eigenvalue weighted by molar-refractivity contribution is 6.01. The van der Waals surface area contributed by atoms with E-state index in [0.29, 0.717) is 17.3 Å². The molecule has 4 aliphatic carbocycles. The maximum absolute atomic E-state index is 11.8. The summed E-state index contributed by atoms with van der Waals surface area (Å²) in [6.07, 6.45) is 13.6. The van der Waals surface area contributed by atoms with E-state index in [4.69, 9.17) is 4.74 Å². The standard InChI is InChI=1S/C20H26O3/c1-13(21)23-20-11-7-15(22)12-14(20)5-6-16-17-4-3-9-19(17,2)10-8-18(16)20/h7,11-12,16-18H,3-6,8-10H2,1-2H3/t16-,17+,18-,19+,20-/m1/s1. The van der Waals surface area contributed by atoms with Gasteiger partial charge in [-0.15, -0.1) is 0 Å². The second kappa shape index (κ2) is 5.06. The van der Waals surface area contributed by atoms with Crippen LogP contribution in [0, 0.1) is 23.2 Å². The average Bonchev–Trinajstić information content (AvgIpc) is 2.89. The SMILES string of the molecule is CC(=O)O[C@]12C=CC(=O)C=C1CC[C@H]1[C@H]2CC[C@]2(C)CCC[C@@H]12. The summed E-state index contributed by atoms with van der Waals surface area (Å²) in [4.78, 5) is 23.7. The topological polar surface area (TPSA) is 43.4 Å². The van der Waals surface area contributed by atoms with Crippen molar-refractivity contribution in [3.8, 4) is 0 Å². The zero-order valence-electron chi connectivity index (χ0n) is 14.1. The quantitative estimate of drug-likeness (QED) is 0.688. The molecule has 5 atom stereocenters. The highest BCUT2D eigenvalue weighted by atomic mass is 16.6. The Bertz CT molecular complexity index is 616. The van der Waals surface area contributed by atoms with Crippen LogP contribution in [0.2, 0.25) is 0 Å². The predicted molar refractivity (Wildman–Crippen MR) is 87.6 cm³/mol. The number of esters is 1. The monoisotopic (exact) mass is 314 g/mol. The van der Waals surface area contributed by atoms with Crippen molar-refractivity contribution in [1.82, 2.24) is 0 Å². The summed E-state index contributed by atoms with van der Waals surface area (Å²) in [7, 11) is 0. The number of hydrogen-bond donors (Lipinski definition) is 0. The Morgan fingerprint density at radius 3 is 2.83 bits per heavy atom. The Morgan fingerprint density at radius 1 is 1.22 bits per heavy atom. The molecule has 4 aliphatic rings. The summed E-state index contributed by atoms with van der Waals surface area (Å²) in [6.45, 7) is 3.95. The van der Waals surface area contributed by atoms with Gasteiger partial charge in [0.15, 0.2) is 11.4 Å². The molecule has 0 aliphatic heterocycles. The third-order valence-electron chi connectivity index (χ3n) is 7.14. The molecule has 0 aromatic carbocycles. The molecule has 0 saturated heterocycles. The molecule has 4 rings (SSSR count). The van der Waals surface area contributed by atoms with Gasteiger partial charge in [0.2, 0.25) is 0 Å². The summed E-state index contributed by atoms with van der Waals surface area (Å²) in [5.41, 5.74) is 0.865. The molecule has 0 amide bonds. The molecule has 0 unspecified atom stereocenters. The number of rotatable bonds is 1. The van der Waals surface area contributed by atoms with Crippen molar-refractivity contribution >= 4 is 11.8 Å². The van der Waals surface area contributed by atoms with Crippen LogP contribution in [0.5, 0.6) is 0 Å². The van der Waals surface area contributed by atoms with Gasteiger partial charge in [-0.05, 0) is 79.6 Å². The van der Waals surface area contributed by atoms with E-state index in [1.54, 1.807) is 12.2 Å². The fourth-order valence-corrected chi connectivity index (χ4v) is 6.23. The van der Waals surface area contributed by atoms with Crippen LogP contribution in [-0.4, -0.2) is 17.4 Å². The minimum absolute atomic E-state index is 0.0303. The van der Waals surface area contributed by atoms with E-state index < -0.39 is 5.60 Å². The van der Waals surface area contributed by atoms with Crippen LogP contribution < -0.4 is 0 Å². The molecule has 3 saturated carbocycles. The first-order valence-corrected chi connectivity index (χ1v) is 9.08. The first kappa shape index (κ1) is 15.2. The summed E-state index contributed by atoms with van der Waals surface area (Å²) in [5.74, 6) is 1.50. The molecule has 3 nitrogen and oxygen atoms in total. The number of hydrogen-bond acceptors (Lipinski definition) is 3. The predicted octanol–water partition coefficient (Wildman–Crippen LogP) is 3.98. The lowest BCUT2D eigenvalue weighted by Crippen LogP contribution is -2.55. The summed E-state index contributed by atoms with van der Waals surface area (Å²) in [5, 5.41) is 0. The van der Waals surface area contributed by atoms with E-state index in [1.807, 2.05) is 6.08 Å². The van der Waals surface area contributed by atoms with Crippen molar-refractivity contribution in [3.05, 3.63) is 23.8 Å². The Kier molecular flexibility index (Phi) is 3.33. The third-order valence-corrected chi connectivity index (χ3v) is 7.14. The van der Waals surface area contributed by atoms with Gasteiger partial charge in [-0.2, -0.15) is 0 Å². The Morgan fingerprint density at radius 2 is 2.04 bits per heavy atom. The molecule has 0 N–H and O–H groups in total. The average molecular weight is 314 g/mol. The molecule has 0 spiro atoms. The molecule has 0 aromatic rings. The Labute approximate surface area is 138 Å². The number of carbonyl (C=O) groups excluding carboxylic acids is 2. The van der Waals surface area contributed by atoms with Gasteiger partial charge in [-0.3, -0.25) is 9.59 Å².